The number of nitrogens with one attached hydrogen (secondary N) is 1. The first-order chi connectivity index (χ1) is 13.5. The highest BCUT2D eigenvalue weighted by Gasteiger charge is 2.51. The molecule has 1 fully saturated rings. The van der Waals surface area contributed by atoms with E-state index in [4.69, 9.17) is 14.3 Å². The fourth-order valence-corrected chi connectivity index (χ4v) is 3.41. The lowest BCUT2D eigenvalue weighted by molar-refractivity contribution is -0.127. The molecule has 7 nitrogen and oxygen atoms in total. The third kappa shape index (κ3) is 2.63. The quantitative estimate of drug-likeness (QED) is 0.822. The molecular formula is C21H20N2O5. The maximum absolute atomic E-state index is 13.2. The number of amides is 2. The minimum atomic E-state index is -1.000. The Morgan fingerprint density at radius 3 is 2.46 bits per heavy atom. The monoisotopic (exact) mass is 380 g/mol. The zero-order valence-electron chi connectivity index (χ0n) is 16.0. The van der Waals surface area contributed by atoms with Gasteiger partial charge >= 0.3 is 0 Å². The molecule has 2 heterocycles. The fourth-order valence-electron chi connectivity index (χ4n) is 3.41. The average molecular weight is 380 g/mol. The van der Waals surface area contributed by atoms with Gasteiger partial charge in [-0.3, -0.25) is 19.9 Å². The van der Waals surface area contributed by atoms with Crippen molar-refractivity contribution in [3.63, 3.8) is 0 Å². The topological polar surface area (TPSA) is 77.1 Å². The maximum Gasteiger partial charge on any atom is 0.270 e. The molecule has 0 unspecified atom stereocenters. The molecular weight excluding hydrogens is 360 g/mol. The standard InChI is InChI=1S/C21H20N2O5/c1-11-5-6-13(9-12(11)2)23-20(24)17-18(22-28-19(17)21(23)25)15-10-14(26-3)7-8-16(15)27-4/h5-10,19,22H,1-4H3/t19-/m1/s1. The van der Waals surface area contributed by atoms with Crippen molar-refractivity contribution in [1.29, 1.82) is 0 Å². The van der Waals surface area contributed by atoms with Crippen LogP contribution in [0.15, 0.2) is 42.0 Å². The molecule has 2 aliphatic heterocycles. The van der Waals surface area contributed by atoms with Crippen LogP contribution in [0.25, 0.3) is 5.70 Å². The van der Waals surface area contributed by atoms with Gasteiger partial charge in [0.2, 0.25) is 0 Å². The molecule has 1 N–H and O–H groups in total. The third-order valence-corrected chi connectivity index (χ3v) is 5.11. The van der Waals surface area contributed by atoms with Gasteiger partial charge in [-0.05, 0) is 55.3 Å². The summed E-state index contributed by atoms with van der Waals surface area (Å²) >= 11 is 0. The third-order valence-electron chi connectivity index (χ3n) is 5.11. The number of fused-ring (bicyclic) bond motifs is 1. The van der Waals surface area contributed by atoms with Crippen molar-refractivity contribution < 1.29 is 23.9 Å². The Bertz CT molecular complexity index is 1030. The van der Waals surface area contributed by atoms with Crippen LogP contribution in [0, 0.1) is 13.8 Å². The van der Waals surface area contributed by atoms with Gasteiger partial charge in [0, 0.05) is 5.56 Å². The Balaban J connectivity index is 1.83. The van der Waals surface area contributed by atoms with E-state index in [0.29, 0.717) is 28.4 Å². The Morgan fingerprint density at radius 2 is 1.79 bits per heavy atom. The number of methoxy groups -OCH3 is 2. The van der Waals surface area contributed by atoms with Gasteiger partial charge in [0.05, 0.1) is 31.2 Å². The molecule has 1 saturated heterocycles. The van der Waals surface area contributed by atoms with Crippen LogP contribution in [0.4, 0.5) is 5.69 Å². The Hall–Kier alpha value is -3.32. The summed E-state index contributed by atoms with van der Waals surface area (Å²) < 4.78 is 10.7. The molecule has 2 aliphatic rings. The lowest BCUT2D eigenvalue weighted by Gasteiger charge is -2.17. The van der Waals surface area contributed by atoms with Gasteiger partial charge in [0.25, 0.3) is 11.8 Å². The summed E-state index contributed by atoms with van der Waals surface area (Å²) in [6.45, 7) is 3.92. The number of benzene rings is 2. The molecule has 144 valence electrons. The summed E-state index contributed by atoms with van der Waals surface area (Å²) in [5.74, 6) is 0.289. The molecule has 0 radical (unpaired) electrons. The van der Waals surface area contributed by atoms with Crippen LogP contribution in [0.3, 0.4) is 0 Å². The van der Waals surface area contributed by atoms with Crippen LogP contribution in [0.1, 0.15) is 16.7 Å². The Kier molecular flexibility index (Phi) is 4.31. The lowest BCUT2D eigenvalue weighted by atomic mass is 10.0. The second kappa shape index (κ2) is 6.69. The van der Waals surface area contributed by atoms with Gasteiger partial charge in [-0.2, -0.15) is 0 Å². The molecule has 0 bridgehead atoms. The number of nitrogens with zero attached hydrogens (tertiary/aromatic N) is 1. The molecule has 2 aromatic rings. The van der Waals surface area contributed by atoms with Crippen molar-refractivity contribution in [2.24, 2.45) is 0 Å². The maximum atomic E-state index is 13.2. The SMILES string of the molecule is COc1ccc(OC)c(C2=C3C(=O)N(c4ccc(C)c(C)c4)C(=O)[C@@H]3ON2)c1. The normalized spacial score (nSPS) is 18.4. The van der Waals surface area contributed by atoms with Crippen LogP contribution in [0.2, 0.25) is 0 Å². The minimum absolute atomic E-state index is 0.259. The molecule has 1 atom stereocenters. The van der Waals surface area contributed by atoms with Gasteiger partial charge in [-0.15, -0.1) is 0 Å². The molecule has 4 rings (SSSR count). The Morgan fingerprint density at radius 1 is 1.00 bits per heavy atom. The van der Waals surface area contributed by atoms with Crippen molar-refractivity contribution in [3.05, 3.63) is 58.7 Å². The van der Waals surface area contributed by atoms with Gasteiger partial charge < -0.3 is 9.47 Å². The van der Waals surface area contributed by atoms with Crippen molar-refractivity contribution in [1.82, 2.24) is 5.48 Å². The number of aryl methyl sites for hydroxylation is 2. The van der Waals surface area contributed by atoms with Crippen molar-refractivity contribution in [2.45, 2.75) is 20.0 Å². The number of hydrogen-bond acceptors (Lipinski definition) is 6. The van der Waals surface area contributed by atoms with Gasteiger partial charge in [-0.1, -0.05) is 6.07 Å². The molecule has 2 aromatic carbocycles. The largest absolute Gasteiger partial charge is 0.497 e. The zero-order valence-corrected chi connectivity index (χ0v) is 16.0. The summed E-state index contributed by atoms with van der Waals surface area (Å²) in [5, 5.41) is 0. The van der Waals surface area contributed by atoms with E-state index in [0.717, 1.165) is 11.1 Å². The van der Waals surface area contributed by atoms with E-state index in [1.54, 1.807) is 31.4 Å². The first-order valence-electron chi connectivity index (χ1n) is 8.80. The molecule has 28 heavy (non-hydrogen) atoms. The molecule has 2 amide bonds. The van der Waals surface area contributed by atoms with Gasteiger partial charge in [-0.25, -0.2) is 4.90 Å². The smallest absolute Gasteiger partial charge is 0.270 e. The second-order valence-corrected chi connectivity index (χ2v) is 6.70. The van der Waals surface area contributed by atoms with E-state index in [1.807, 2.05) is 26.0 Å². The number of carbonyl (C=O) groups is 2. The number of imide groups is 1. The molecule has 0 spiro atoms. The van der Waals surface area contributed by atoms with E-state index >= 15 is 0 Å². The number of rotatable bonds is 4. The van der Waals surface area contributed by atoms with Crippen LogP contribution < -0.4 is 19.9 Å². The zero-order chi connectivity index (χ0) is 20.0. The summed E-state index contributed by atoms with van der Waals surface area (Å²) in [6, 6.07) is 10.7. The highest BCUT2D eigenvalue weighted by atomic mass is 16.7. The first-order valence-corrected chi connectivity index (χ1v) is 8.80. The van der Waals surface area contributed by atoms with Crippen molar-refractivity contribution >= 4 is 23.2 Å². The summed E-state index contributed by atoms with van der Waals surface area (Å²) in [7, 11) is 3.09. The van der Waals surface area contributed by atoms with Crippen LogP contribution in [0.5, 0.6) is 11.5 Å². The molecule has 7 heteroatoms. The van der Waals surface area contributed by atoms with E-state index in [9.17, 15) is 9.59 Å². The first kappa shape index (κ1) is 18.1. The number of ether oxygens (including phenoxy) is 2. The molecule has 0 saturated carbocycles. The molecule has 0 aliphatic carbocycles. The van der Waals surface area contributed by atoms with Gasteiger partial charge in [0.1, 0.15) is 11.5 Å². The Labute approximate surface area is 162 Å². The van der Waals surface area contributed by atoms with Crippen LogP contribution in [-0.4, -0.2) is 32.1 Å². The van der Waals surface area contributed by atoms with E-state index in [2.05, 4.69) is 5.48 Å². The van der Waals surface area contributed by atoms with Crippen molar-refractivity contribution in [2.75, 3.05) is 19.1 Å². The number of hydroxylamine groups is 1. The van der Waals surface area contributed by atoms with Crippen molar-refractivity contribution in [3.8, 4) is 11.5 Å². The van der Waals surface area contributed by atoms with E-state index < -0.39 is 17.9 Å². The predicted molar refractivity (Wildman–Crippen MR) is 103 cm³/mol. The van der Waals surface area contributed by atoms with E-state index in [1.165, 1.54) is 12.0 Å². The highest BCUT2D eigenvalue weighted by Crippen LogP contribution is 2.39. The predicted octanol–water partition coefficient (Wildman–Crippen LogP) is 2.51. The number of hydrogen-bond donors (Lipinski definition) is 1. The number of anilines is 1. The fraction of sp³-hybridized carbons (Fsp3) is 0.238. The lowest BCUT2D eigenvalue weighted by Crippen LogP contribution is -2.34. The summed E-state index contributed by atoms with van der Waals surface area (Å²) in [5.41, 5.74) is 6.59. The summed E-state index contributed by atoms with van der Waals surface area (Å²) in [4.78, 5) is 32.7. The van der Waals surface area contributed by atoms with Crippen LogP contribution >= 0.6 is 0 Å². The second-order valence-electron chi connectivity index (χ2n) is 6.70. The van der Waals surface area contributed by atoms with Gasteiger partial charge in [0.15, 0.2) is 6.10 Å². The summed E-state index contributed by atoms with van der Waals surface area (Å²) in [6.07, 6.45) is -1.000. The molecule has 0 aromatic heterocycles. The highest BCUT2D eigenvalue weighted by molar-refractivity contribution is 6.33. The minimum Gasteiger partial charge on any atom is -0.497 e. The van der Waals surface area contributed by atoms with Crippen LogP contribution in [-0.2, 0) is 14.4 Å². The average Bonchev–Trinajstić information content (AvgIpc) is 3.24. The van der Waals surface area contributed by atoms with E-state index in [-0.39, 0.29) is 5.57 Å². The number of carbonyl (C=O) groups excluding carboxylic acids is 2.